The van der Waals surface area contributed by atoms with Crippen LogP contribution >= 0.6 is 11.6 Å². The molecule has 1 rings (SSSR count). The second-order valence-electron chi connectivity index (χ2n) is 4.28. The van der Waals surface area contributed by atoms with Crippen LogP contribution in [0.4, 0.5) is 5.69 Å². The minimum atomic E-state index is -0.410. The van der Waals surface area contributed by atoms with E-state index in [1.165, 1.54) is 6.07 Å². The van der Waals surface area contributed by atoms with E-state index >= 15 is 0 Å². The summed E-state index contributed by atoms with van der Waals surface area (Å²) in [6, 6.07) is 4.73. The van der Waals surface area contributed by atoms with Crippen molar-refractivity contribution in [2.24, 2.45) is 5.73 Å². The topological polar surface area (TPSA) is 69.2 Å². The molecule has 5 heteroatoms. The number of benzene rings is 1. The van der Waals surface area contributed by atoms with Crippen molar-refractivity contribution in [2.75, 3.05) is 0 Å². The van der Waals surface area contributed by atoms with E-state index in [-0.39, 0.29) is 5.69 Å². The molecular formula is C12H17ClN2O2. The first-order valence-electron chi connectivity index (χ1n) is 5.63. The summed E-state index contributed by atoms with van der Waals surface area (Å²) in [6.07, 6.45) is 2.06. The maximum atomic E-state index is 10.9. The van der Waals surface area contributed by atoms with Crippen LogP contribution in [0.3, 0.4) is 0 Å². The standard InChI is InChI=1S/C12H17ClN2O2/c1-3-12(14,4-2)8-9-5-6-10(13)7-11(9)15(16)17/h5-7H,3-4,8,14H2,1-2H3. The van der Waals surface area contributed by atoms with Crippen LogP contribution in [0.2, 0.25) is 5.02 Å². The monoisotopic (exact) mass is 256 g/mol. The van der Waals surface area contributed by atoms with E-state index in [4.69, 9.17) is 17.3 Å². The Bertz CT molecular complexity index is 417. The molecule has 0 spiro atoms. The van der Waals surface area contributed by atoms with Gasteiger partial charge in [-0.3, -0.25) is 10.1 Å². The predicted octanol–water partition coefficient (Wildman–Crippen LogP) is 3.31. The first-order valence-corrected chi connectivity index (χ1v) is 6.01. The van der Waals surface area contributed by atoms with Gasteiger partial charge in [-0.2, -0.15) is 0 Å². The fourth-order valence-corrected chi connectivity index (χ4v) is 1.90. The third-order valence-electron chi connectivity index (χ3n) is 3.19. The van der Waals surface area contributed by atoms with Gasteiger partial charge >= 0.3 is 0 Å². The van der Waals surface area contributed by atoms with E-state index < -0.39 is 10.5 Å². The van der Waals surface area contributed by atoms with Gasteiger partial charge in [-0.15, -0.1) is 0 Å². The molecule has 1 aromatic rings. The molecule has 1 aromatic carbocycles. The lowest BCUT2D eigenvalue weighted by Crippen LogP contribution is -2.40. The fraction of sp³-hybridized carbons (Fsp3) is 0.500. The Morgan fingerprint density at radius 2 is 2.00 bits per heavy atom. The van der Waals surface area contributed by atoms with Crippen LogP contribution in [0.25, 0.3) is 0 Å². The summed E-state index contributed by atoms with van der Waals surface area (Å²) in [5, 5.41) is 11.3. The van der Waals surface area contributed by atoms with Crippen molar-refractivity contribution in [3.8, 4) is 0 Å². The molecule has 2 N–H and O–H groups in total. The molecule has 0 saturated heterocycles. The van der Waals surface area contributed by atoms with E-state index in [1.807, 2.05) is 13.8 Å². The summed E-state index contributed by atoms with van der Waals surface area (Å²) in [5.74, 6) is 0. The van der Waals surface area contributed by atoms with Crippen molar-refractivity contribution in [1.29, 1.82) is 0 Å². The van der Waals surface area contributed by atoms with Crippen LogP contribution in [-0.4, -0.2) is 10.5 Å². The molecule has 0 unspecified atom stereocenters. The fourth-order valence-electron chi connectivity index (χ4n) is 1.74. The zero-order chi connectivity index (χ0) is 13.1. The molecule has 17 heavy (non-hydrogen) atoms. The maximum absolute atomic E-state index is 10.9. The van der Waals surface area contributed by atoms with E-state index in [9.17, 15) is 10.1 Å². The molecule has 0 heterocycles. The zero-order valence-electron chi connectivity index (χ0n) is 10.1. The first kappa shape index (κ1) is 13.9. The van der Waals surface area contributed by atoms with Crippen molar-refractivity contribution >= 4 is 17.3 Å². The highest BCUT2D eigenvalue weighted by atomic mass is 35.5. The minimum Gasteiger partial charge on any atom is -0.325 e. The van der Waals surface area contributed by atoms with Gasteiger partial charge in [0.1, 0.15) is 0 Å². The second kappa shape index (κ2) is 5.47. The van der Waals surface area contributed by atoms with Gasteiger partial charge in [0, 0.05) is 22.2 Å². The second-order valence-corrected chi connectivity index (χ2v) is 4.71. The van der Waals surface area contributed by atoms with Crippen LogP contribution in [-0.2, 0) is 6.42 Å². The third-order valence-corrected chi connectivity index (χ3v) is 3.43. The Hall–Kier alpha value is -1.13. The van der Waals surface area contributed by atoms with Gasteiger partial charge in [0.25, 0.3) is 5.69 Å². The highest BCUT2D eigenvalue weighted by Crippen LogP contribution is 2.28. The zero-order valence-corrected chi connectivity index (χ0v) is 10.8. The molecular weight excluding hydrogens is 240 g/mol. The van der Waals surface area contributed by atoms with Gasteiger partial charge in [-0.25, -0.2) is 0 Å². The lowest BCUT2D eigenvalue weighted by Gasteiger charge is -2.26. The summed E-state index contributed by atoms with van der Waals surface area (Å²) >= 11 is 5.76. The van der Waals surface area contributed by atoms with Crippen molar-refractivity contribution in [1.82, 2.24) is 0 Å². The molecule has 0 aliphatic rings. The number of halogens is 1. The van der Waals surface area contributed by atoms with Crippen molar-refractivity contribution in [3.05, 3.63) is 38.9 Å². The number of nitro benzene ring substituents is 1. The highest BCUT2D eigenvalue weighted by molar-refractivity contribution is 6.30. The number of hydrogen-bond donors (Lipinski definition) is 1. The van der Waals surface area contributed by atoms with Crippen molar-refractivity contribution in [3.63, 3.8) is 0 Å². The number of hydrogen-bond acceptors (Lipinski definition) is 3. The molecule has 0 aromatic heterocycles. The smallest absolute Gasteiger partial charge is 0.274 e. The molecule has 4 nitrogen and oxygen atoms in total. The van der Waals surface area contributed by atoms with Gasteiger partial charge in [-0.05, 0) is 25.3 Å². The molecule has 0 radical (unpaired) electrons. The SMILES string of the molecule is CCC(N)(CC)Cc1ccc(Cl)cc1[N+](=O)[O-]. The van der Waals surface area contributed by atoms with Crippen LogP contribution in [0.15, 0.2) is 18.2 Å². The minimum absolute atomic E-state index is 0.0502. The average Bonchev–Trinajstić information content (AvgIpc) is 2.31. The van der Waals surface area contributed by atoms with Crippen LogP contribution in [0.5, 0.6) is 0 Å². The summed E-state index contributed by atoms with van der Waals surface area (Å²) in [4.78, 5) is 10.5. The molecule has 0 aliphatic heterocycles. The Balaban J connectivity index is 3.10. The van der Waals surface area contributed by atoms with Crippen molar-refractivity contribution in [2.45, 2.75) is 38.6 Å². The Morgan fingerprint density at radius 3 is 2.47 bits per heavy atom. The maximum Gasteiger partial charge on any atom is 0.274 e. The first-order chi connectivity index (χ1) is 7.91. The van der Waals surface area contributed by atoms with E-state index in [0.717, 1.165) is 12.8 Å². The third kappa shape index (κ3) is 3.41. The summed E-state index contributed by atoms with van der Waals surface area (Å²) < 4.78 is 0. The molecule has 0 atom stereocenters. The predicted molar refractivity (Wildman–Crippen MR) is 69.3 cm³/mol. The summed E-state index contributed by atoms with van der Waals surface area (Å²) in [6.45, 7) is 3.98. The molecule has 0 saturated carbocycles. The Kier molecular flexibility index (Phi) is 4.48. The lowest BCUT2D eigenvalue weighted by molar-refractivity contribution is -0.385. The number of nitro groups is 1. The van der Waals surface area contributed by atoms with Gasteiger partial charge in [0.05, 0.1) is 4.92 Å². The lowest BCUT2D eigenvalue weighted by atomic mass is 9.86. The van der Waals surface area contributed by atoms with Crippen LogP contribution in [0, 0.1) is 10.1 Å². The summed E-state index contributed by atoms with van der Waals surface area (Å²) in [5.41, 5.74) is 6.48. The highest BCUT2D eigenvalue weighted by Gasteiger charge is 2.25. The van der Waals surface area contributed by atoms with E-state index in [1.54, 1.807) is 12.1 Å². The number of nitrogens with zero attached hydrogens (tertiary/aromatic N) is 1. The average molecular weight is 257 g/mol. The van der Waals surface area contributed by atoms with Gasteiger partial charge in [0.15, 0.2) is 0 Å². The van der Waals surface area contributed by atoms with Gasteiger partial charge in [0.2, 0.25) is 0 Å². The van der Waals surface area contributed by atoms with Crippen LogP contribution in [0.1, 0.15) is 32.3 Å². The Morgan fingerprint density at radius 1 is 1.41 bits per heavy atom. The molecule has 0 aliphatic carbocycles. The number of nitrogens with two attached hydrogens (primary N) is 1. The van der Waals surface area contributed by atoms with Gasteiger partial charge in [-0.1, -0.05) is 31.5 Å². The molecule has 0 amide bonds. The molecule has 0 fully saturated rings. The van der Waals surface area contributed by atoms with Crippen LogP contribution < -0.4 is 5.73 Å². The van der Waals surface area contributed by atoms with Crippen molar-refractivity contribution < 1.29 is 4.92 Å². The molecule has 94 valence electrons. The number of rotatable bonds is 5. The largest absolute Gasteiger partial charge is 0.325 e. The molecule has 0 bridgehead atoms. The normalized spacial score (nSPS) is 11.5. The van der Waals surface area contributed by atoms with Gasteiger partial charge < -0.3 is 5.73 Å². The van der Waals surface area contributed by atoms with E-state index in [2.05, 4.69) is 0 Å². The van der Waals surface area contributed by atoms with E-state index in [0.29, 0.717) is 17.0 Å². The summed E-state index contributed by atoms with van der Waals surface area (Å²) in [7, 11) is 0. The quantitative estimate of drug-likeness (QED) is 0.649. The Labute approximate surface area is 106 Å².